The molecule has 0 saturated carbocycles. The van der Waals surface area contributed by atoms with E-state index in [2.05, 4.69) is 15.5 Å². The Labute approximate surface area is 179 Å². The lowest BCUT2D eigenvalue weighted by atomic mass is 10.1. The SMILES string of the molecule is COc1ccc(-c2cc3c(=O)n(CC(=O)NCCc4ccc(C)cc4)ncn3n2)cc1. The zero-order valence-corrected chi connectivity index (χ0v) is 17.4. The summed E-state index contributed by atoms with van der Waals surface area (Å²) in [6.07, 6.45) is 2.16. The highest BCUT2D eigenvalue weighted by Gasteiger charge is 2.12. The van der Waals surface area contributed by atoms with Crippen LogP contribution in [0.15, 0.2) is 65.7 Å². The summed E-state index contributed by atoms with van der Waals surface area (Å²) in [5, 5.41) is 11.3. The number of aromatic nitrogens is 4. The van der Waals surface area contributed by atoms with Crippen molar-refractivity contribution in [3.8, 4) is 17.0 Å². The minimum absolute atomic E-state index is 0.147. The van der Waals surface area contributed by atoms with Gasteiger partial charge in [0.15, 0.2) is 0 Å². The first kappa shape index (κ1) is 20.3. The minimum Gasteiger partial charge on any atom is -0.497 e. The van der Waals surface area contributed by atoms with Crippen LogP contribution in [0.1, 0.15) is 11.1 Å². The van der Waals surface area contributed by atoms with Crippen LogP contribution < -0.4 is 15.6 Å². The number of nitrogens with zero attached hydrogens (tertiary/aromatic N) is 4. The molecule has 8 heteroatoms. The molecule has 1 amide bonds. The molecule has 0 fully saturated rings. The number of amides is 1. The average Bonchev–Trinajstić information content (AvgIpc) is 3.22. The van der Waals surface area contributed by atoms with E-state index in [1.807, 2.05) is 55.5 Å². The summed E-state index contributed by atoms with van der Waals surface area (Å²) >= 11 is 0. The van der Waals surface area contributed by atoms with Crippen molar-refractivity contribution in [2.75, 3.05) is 13.7 Å². The first-order valence-electron chi connectivity index (χ1n) is 9.95. The fourth-order valence-corrected chi connectivity index (χ4v) is 3.25. The number of carbonyl (C=O) groups excluding carboxylic acids is 1. The summed E-state index contributed by atoms with van der Waals surface area (Å²) in [6.45, 7) is 2.38. The molecule has 31 heavy (non-hydrogen) atoms. The molecule has 0 aliphatic carbocycles. The predicted molar refractivity (Wildman–Crippen MR) is 117 cm³/mol. The van der Waals surface area contributed by atoms with Gasteiger partial charge in [0.2, 0.25) is 5.91 Å². The molecule has 1 N–H and O–H groups in total. The van der Waals surface area contributed by atoms with E-state index in [0.717, 1.165) is 28.0 Å². The highest BCUT2D eigenvalue weighted by atomic mass is 16.5. The van der Waals surface area contributed by atoms with Crippen LogP contribution in [-0.2, 0) is 17.8 Å². The third kappa shape index (κ3) is 4.63. The van der Waals surface area contributed by atoms with Crippen molar-refractivity contribution in [2.24, 2.45) is 0 Å². The van der Waals surface area contributed by atoms with Crippen molar-refractivity contribution in [3.05, 3.63) is 82.4 Å². The zero-order chi connectivity index (χ0) is 21.8. The standard InChI is InChI=1S/C23H23N5O3/c1-16-3-5-17(6-4-16)11-12-24-22(29)14-27-23(30)21-13-20(26-28(21)15-25-27)18-7-9-19(31-2)10-8-18/h3-10,13,15H,11-12,14H2,1-2H3,(H,24,29). The number of hydrogen-bond acceptors (Lipinski definition) is 5. The number of methoxy groups -OCH3 is 1. The Bertz CT molecular complexity index is 1260. The first-order chi connectivity index (χ1) is 15.0. The van der Waals surface area contributed by atoms with Gasteiger partial charge < -0.3 is 10.1 Å². The third-order valence-electron chi connectivity index (χ3n) is 5.03. The van der Waals surface area contributed by atoms with Gasteiger partial charge in [0.1, 0.15) is 24.1 Å². The van der Waals surface area contributed by atoms with Crippen molar-refractivity contribution < 1.29 is 9.53 Å². The summed E-state index contributed by atoms with van der Waals surface area (Å²) in [5.41, 5.74) is 3.82. The number of aryl methyl sites for hydroxylation is 1. The van der Waals surface area contributed by atoms with Crippen LogP contribution in [0.25, 0.3) is 16.8 Å². The third-order valence-corrected chi connectivity index (χ3v) is 5.03. The summed E-state index contributed by atoms with van der Waals surface area (Å²) in [6, 6.07) is 17.3. The molecule has 2 aromatic heterocycles. The normalized spacial score (nSPS) is 10.9. The fraction of sp³-hybridized carbons (Fsp3) is 0.217. The van der Waals surface area contributed by atoms with Crippen LogP contribution in [0.2, 0.25) is 0 Å². The number of fused-ring (bicyclic) bond motifs is 1. The van der Waals surface area contributed by atoms with Crippen molar-refractivity contribution in [1.29, 1.82) is 0 Å². The van der Waals surface area contributed by atoms with Gasteiger partial charge in [0.05, 0.1) is 12.8 Å². The molecule has 158 valence electrons. The van der Waals surface area contributed by atoms with Gasteiger partial charge in [-0.15, -0.1) is 0 Å². The molecular formula is C23H23N5O3. The largest absolute Gasteiger partial charge is 0.497 e. The Hall–Kier alpha value is -3.94. The second kappa shape index (κ2) is 8.83. The summed E-state index contributed by atoms with van der Waals surface area (Å²) in [5.74, 6) is 0.478. The monoisotopic (exact) mass is 417 g/mol. The summed E-state index contributed by atoms with van der Waals surface area (Å²) in [7, 11) is 1.60. The maximum Gasteiger partial charge on any atom is 0.293 e. The maximum atomic E-state index is 12.8. The van der Waals surface area contributed by atoms with Gasteiger partial charge in [-0.1, -0.05) is 29.8 Å². The lowest BCUT2D eigenvalue weighted by Gasteiger charge is -2.07. The highest BCUT2D eigenvalue weighted by Crippen LogP contribution is 2.21. The van der Waals surface area contributed by atoms with Gasteiger partial charge in [-0.3, -0.25) is 9.59 Å². The maximum absolute atomic E-state index is 12.8. The Morgan fingerprint density at radius 2 is 1.84 bits per heavy atom. The van der Waals surface area contributed by atoms with E-state index in [1.165, 1.54) is 16.4 Å². The summed E-state index contributed by atoms with van der Waals surface area (Å²) in [4.78, 5) is 25.1. The molecule has 0 bridgehead atoms. The second-order valence-electron chi connectivity index (χ2n) is 7.27. The number of ether oxygens (including phenoxy) is 1. The van der Waals surface area contributed by atoms with Crippen LogP contribution >= 0.6 is 0 Å². The van der Waals surface area contributed by atoms with Gasteiger partial charge in [-0.25, -0.2) is 9.20 Å². The number of benzene rings is 2. The second-order valence-corrected chi connectivity index (χ2v) is 7.27. The molecule has 4 rings (SSSR count). The molecule has 2 heterocycles. The van der Waals surface area contributed by atoms with E-state index in [4.69, 9.17) is 4.74 Å². The number of carbonyl (C=O) groups is 1. The molecule has 0 atom stereocenters. The van der Waals surface area contributed by atoms with Crippen molar-refractivity contribution in [1.82, 2.24) is 24.7 Å². The lowest BCUT2D eigenvalue weighted by molar-refractivity contribution is -0.121. The smallest absolute Gasteiger partial charge is 0.293 e. The van der Waals surface area contributed by atoms with Gasteiger partial charge in [-0.2, -0.15) is 10.2 Å². The molecule has 0 spiro atoms. The fourth-order valence-electron chi connectivity index (χ4n) is 3.25. The van der Waals surface area contributed by atoms with E-state index in [-0.39, 0.29) is 18.0 Å². The molecule has 0 saturated heterocycles. The van der Waals surface area contributed by atoms with E-state index in [9.17, 15) is 9.59 Å². The van der Waals surface area contributed by atoms with Crippen LogP contribution in [0.5, 0.6) is 5.75 Å². The van der Waals surface area contributed by atoms with E-state index in [0.29, 0.717) is 17.8 Å². The van der Waals surface area contributed by atoms with Crippen molar-refractivity contribution >= 4 is 11.4 Å². The molecule has 4 aromatic rings. The molecule has 0 aliphatic rings. The van der Waals surface area contributed by atoms with Gasteiger partial charge in [-0.05, 0) is 49.2 Å². The predicted octanol–water partition coefficient (Wildman–Crippen LogP) is 2.23. The van der Waals surface area contributed by atoms with E-state index < -0.39 is 0 Å². The van der Waals surface area contributed by atoms with Crippen LogP contribution in [-0.4, -0.2) is 39.0 Å². The van der Waals surface area contributed by atoms with Crippen LogP contribution in [0.3, 0.4) is 0 Å². The van der Waals surface area contributed by atoms with Crippen molar-refractivity contribution in [3.63, 3.8) is 0 Å². The molecule has 8 nitrogen and oxygen atoms in total. The Morgan fingerprint density at radius 3 is 2.55 bits per heavy atom. The Kier molecular flexibility index (Phi) is 5.79. The minimum atomic E-state index is -0.372. The number of nitrogens with one attached hydrogen (secondary N) is 1. The highest BCUT2D eigenvalue weighted by molar-refractivity contribution is 5.75. The van der Waals surface area contributed by atoms with Gasteiger partial charge in [0.25, 0.3) is 5.56 Å². The molecule has 2 aromatic carbocycles. The van der Waals surface area contributed by atoms with Crippen LogP contribution in [0.4, 0.5) is 0 Å². The Morgan fingerprint density at radius 1 is 1.10 bits per heavy atom. The summed E-state index contributed by atoms with van der Waals surface area (Å²) < 4.78 is 7.74. The Balaban J connectivity index is 1.44. The number of hydrogen-bond donors (Lipinski definition) is 1. The van der Waals surface area contributed by atoms with E-state index in [1.54, 1.807) is 13.2 Å². The van der Waals surface area contributed by atoms with Crippen LogP contribution in [0, 0.1) is 6.92 Å². The molecule has 0 radical (unpaired) electrons. The quantitative estimate of drug-likeness (QED) is 0.498. The van der Waals surface area contributed by atoms with Crippen molar-refractivity contribution in [2.45, 2.75) is 19.9 Å². The topological polar surface area (TPSA) is 90.5 Å². The zero-order valence-electron chi connectivity index (χ0n) is 17.4. The average molecular weight is 417 g/mol. The number of rotatable bonds is 7. The van der Waals surface area contributed by atoms with E-state index >= 15 is 0 Å². The lowest BCUT2D eigenvalue weighted by Crippen LogP contribution is -2.35. The molecule has 0 unspecified atom stereocenters. The molecule has 0 aliphatic heterocycles. The first-order valence-corrected chi connectivity index (χ1v) is 9.95. The van der Waals surface area contributed by atoms with Gasteiger partial charge >= 0.3 is 0 Å². The molecular weight excluding hydrogens is 394 g/mol. The van der Waals surface area contributed by atoms with Gasteiger partial charge in [0, 0.05) is 12.1 Å².